The first kappa shape index (κ1) is 13.7. The minimum Gasteiger partial charge on any atom is -0.336 e. The molecule has 1 saturated heterocycles. The Morgan fingerprint density at radius 1 is 1.14 bits per heavy atom. The summed E-state index contributed by atoms with van der Waals surface area (Å²) >= 11 is 0. The van der Waals surface area contributed by atoms with E-state index in [0.717, 1.165) is 44.7 Å². The van der Waals surface area contributed by atoms with E-state index in [1.54, 1.807) is 0 Å². The first-order valence-corrected chi connectivity index (χ1v) is 7.17. The summed E-state index contributed by atoms with van der Waals surface area (Å²) in [5.41, 5.74) is 0.948. The van der Waals surface area contributed by atoms with Gasteiger partial charge in [0, 0.05) is 44.7 Å². The molecule has 2 heterocycles. The van der Waals surface area contributed by atoms with Gasteiger partial charge in [0.15, 0.2) is 0 Å². The minimum atomic E-state index is 0.570. The topological polar surface area (TPSA) is 45.4 Å². The lowest BCUT2D eigenvalue weighted by Gasteiger charge is -2.33. The Labute approximate surface area is 124 Å². The van der Waals surface area contributed by atoms with Crippen LogP contribution in [0.4, 0.5) is 5.95 Å². The average molecular weight is 282 g/mol. The highest BCUT2D eigenvalue weighted by atomic mass is 16.5. The van der Waals surface area contributed by atoms with Crippen LogP contribution in [0.3, 0.4) is 0 Å². The maximum atomic E-state index is 5.35. The molecule has 0 aliphatic carbocycles. The normalized spacial score (nSPS) is 15.9. The van der Waals surface area contributed by atoms with Crippen molar-refractivity contribution in [3.63, 3.8) is 0 Å². The Kier molecular flexibility index (Phi) is 4.17. The molecule has 0 saturated carbocycles. The van der Waals surface area contributed by atoms with Crippen LogP contribution < -0.4 is 4.90 Å². The molecule has 5 heteroatoms. The second kappa shape index (κ2) is 6.42. The Morgan fingerprint density at radius 3 is 2.62 bits per heavy atom. The lowest BCUT2D eigenvalue weighted by atomic mass is 10.2. The molecule has 0 spiro atoms. The number of aromatic nitrogens is 2. The van der Waals surface area contributed by atoms with Crippen molar-refractivity contribution in [1.82, 2.24) is 15.0 Å². The fourth-order valence-electron chi connectivity index (χ4n) is 2.44. The monoisotopic (exact) mass is 282 g/mol. The molecule has 1 fully saturated rings. The van der Waals surface area contributed by atoms with Gasteiger partial charge in [-0.3, -0.25) is 4.90 Å². The van der Waals surface area contributed by atoms with Gasteiger partial charge in [0.1, 0.15) is 0 Å². The number of piperazine rings is 1. The zero-order valence-corrected chi connectivity index (χ0v) is 11.9. The Balaban J connectivity index is 1.62. The van der Waals surface area contributed by atoms with Crippen LogP contribution >= 0.6 is 0 Å². The van der Waals surface area contributed by atoms with Crippen LogP contribution in [0.1, 0.15) is 6.42 Å². The molecule has 0 bridgehead atoms. The number of nitrogens with zero attached hydrogens (tertiary/aromatic N) is 4. The largest absolute Gasteiger partial charge is 0.336 e. The molecule has 0 radical (unpaired) electrons. The third-order valence-electron chi connectivity index (χ3n) is 3.66. The number of anilines is 1. The molecule has 0 N–H and O–H groups in total. The molecule has 1 aromatic carbocycles. The second-order valence-corrected chi connectivity index (χ2v) is 5.05. The van der Waals surface area contributed by atoms with Crippen molar-refractivity contribution < 1.29 is 4.52 Å². The van der Waals surface area contributed by atoms with Crippen molar-refractivity contribution in [3.8, 4) is 23.8 Å². The fraction of sp³-hybridized carbons (Fsp3) is 0.375. The Bertz CT molecular complexity index is 609. The van der Waals surface area contributed by atoms with E-state index in [-0.39, 0.29) is 0 Å². The molecule has 1 aromatic heterocycles. The maximum absolute atomic E-state index is 5.35. The molecule has 108 valence electrons. The molecule has 1 aliphatic rings. The van der Waals surface area contributed by atoms with E-state index in [1.165, 1.54) is 0 Å². The number of benzene rings is 1. The fourth-order valence-corrected chi connectivity index (χ4v) is 2.44. The molecule has 0 unspecified atom stereocenters. The molecule has 2 aromatic rings. The van der Waals surface area contributed by atoms with Gasteiger partial charge in [-0.05, 0) is 17.3 Å². The van der Waals surface area contributed by atoms with Crippen molar-refractivity contribution in [3.05, 3.63) is 30.3 Å². The van der Waals surface area contributed by atoms with Crippen LogP contribution in [-0.2, 0) is 0 Å². The lowest BCUT2D eigenvalue weighted by Crippen LogP contribution is -2.47. The van der Waals surface area contributed by atoms with Gasteiger partial charge in [-0.2, -0.15) is 4.98 Å². The first-order chi connectivity index (χ1) is 10.4. The maximum Gasteiger partial charge on any atom is 0.266 e. The second-order valence-electron chi connectivity index (χ2n) is 5.05. The van der Waals surface area contributed by atoms with Crippen LogP contribution in [-0.4, -0.2) is 47.8 Å². The standard InChI is InChI=1S/C16H18N4O/c1-2-3-9-19-10-12-20(13-11-19)16-17-15(21-18-16)14-7-5-4-6-8-14/h1,4-8H,3,9-13H2. The van der Waals surface area contributed by atoms with Crippen molar-refractivity contribution in [2.75, 3.05) is 37.6 Å². The molecule has 3 rings (SSSR count). The van der Waals surface area contributed by atoms with Crippen molar-refractivity contribution >= 4 is 5.95 Å². The number of hydrogen-bond acceptors (Lipinski definition) is 5. The zero-order valence-electron chi connectivity index (χ0n) is 11.9. The molecule has 21 heavy (non-hydrogen) atoms. The summed E-state index contributed by atoms with van der Waals surface area (Å²) in [6.07, 6.45) is 6.11. The predicted molar refractivity (Wildman–Crippen MR) is 81.8 cm³/mol. The molecular weight excluding hydrogens is 264 g/mol. The summed E-state index contributed by atoms with van der Waals surface area (Å²) in [5.74, 6) is 3.93. The van der Waals surface area contributed by atoms with Crippen LogP contribution in [0.15, 0.2) is 34.9 Å². The first-order valence-electron chi connectivity index (χ1n) is 7.17. The third kappa shape index (κ3) is 3.23. The lowest BCUT2D eigenvalue weighted by molar-refractivity contribution is 0.262. The highest BCUT2D eigenvalue weighted by Crippen LogP contribution is 2.20. The van der Waals surface area contributed by atoms with E-state index in [1.807, 2.05) is 30.3 Å². The van der Waals surface area contributed by atoms with E-state index in [4.69, 9.17) is 10.9 Å². The van der Waals surface area contributed by atoms with Gasteiger partial charge in [0.2, 0.25) is 0 Å². The van der Waals surface area contributed by atoms with Crippen LogP contribution in [0.25, 0.3) is 11.5 Å². The summed E-state index contributed by atoms with van der Waals surface area (Å²) in [4.78, 5) is 9.01. The molecule has 1 aliphatic heterocycles. The zero-order chi connectivity index (χ0) is 14.5. The van der Waals surface area contributed by atoms with Gasteiger partial charge < -0.3 is 9.42 Å². The van der Waals surface area contributed by atoms with E-state index < -0.39 is 0 Å². The molecular formula is C16H18N4O. The highest BCUT2D eigenvalue weighted by molar-refractivity contribution is 5.54. The summed E-state index contributed by atoms with van der Waals surface area (Å²) in [5, 5.41) is 4.09. The number of rotatable bonds is 4. The van der Waals surface area contributed by atoms with Gasteiger partial charge in [-0.1, -0.05) is 18.2 Å². The van der Waals surface area contributed by atoms with Gasteiger partial charge in [0.05, 0.1) is 0 Å². The van der Waals surface area contributed by atoms with Crippen LogP contribution in [0.2, 0.25) is 0 Å². The molecule has 5 nitrogen and oxygen atoms in total. The van der Waals surface area contributed by atoms with Gasteiger partial charge in [-0.25, -0.2) is 0 Å². The average Bonchev–Trinajstić information content (AvgIpc) is 3.04. The summed E-state index contributed by atoms with van der Waals surface area (Å²) in [7, 11) is 0. The molecule has 0 atom stereocenters. The van der Waals surface area contributed by atoms with Crippen molar-refractivity contribution in [1.29, 1.82) is 0 Å². The van der Waals surface area contributed by atoms with Crippen molar-refractivity contribution in [2.24, 2.45) is 0 Å². The Morgan fingerprint density at radius 2 is 1.90 bits per heavy atom. The van der Waals surface area contributed by atoms with Gasteiger partial charge in [-0.15, -0.1) is 12.3 Å². The SMILES string of the molecule is C#CCCN1CCN(c2noc(-c3ccccc3)n2)CC1. The summed E-state index contributed by atoms with van der Waals surface area (Å²) in [6, 6.07) is 9.83. The van der Waals surface area contributed by atoms with Gasteiger partial charge >= 0.3 is 0 Å². The molecule has 0 amide bonds. The van der Waals surface area contributed by atoms with E-state index in [2.05, 4.69) is 25.9 Å². The third-order valence-corrected chi connectivity index (χ3v) is 3.66. The predicted octanol–water partition coefficient (Wildman–Crippen LogP) is 1.88. The number of terminal acetylenes is 1. The minimum absolute atomic E-state index is 0.570. The van der Waals surface area contributed by atoms with E-state index >= 15 is 0 Å². The summed E-state index contributed by atoms with van der Waals surface area (Å²) < 4.78 is 5.35. The highest BCUT2D eigenvalue weighted by Gasteiger charge is 2.20. The van der Waals surface area contributed by atoms with E-state index in [0.29, 0.717) is 11.8 Å². The van der Waals surface area contributed by atoms with Crippen LogP contribution in [0.5, 0.6) is 0 Å². The number of hydrogen-bond donors (Lipinski definition) is 0. The quantitative estimate of drug-likeness (QED) is 0.801. The smallest absolute Gasteiger partial charge is 0.266 e. The van der Waals surface area contributed by atoms with E-state index in [9.17, 15) is 0 Å². The van der Waals surface area contributed by atoms with Crippen LogP contribution in [0, 0.1) is 12.3 Å². The van der Waals surface area contributed by atoms with Gasteiger partial charge in [0.25, 0.3) is 11.8 Å². The van der Waals surface area contributed by atoms with Crippen molar-refractivity contribution in [2.45, 2.75) is 6.42 Å². The summed E-state index contributed by atoms with van der Waals surface area (Å²) in [6.45, 7) is 4.73. The Hall–Kier alpha value is -2.32.